The lowest BCUT2D eigenvalue weighted by Crippen LogP contribution is -2.55. The van der Waals surface area contributed by atoms with Gasteiger partial charge in [-0.25, -0.2) is 9.18 Å². The zero-order valence-corrected chi connectivity index (χ0v) is 20.5. The third-order valence-corrected chi connectivity index (χ3v) is 7.26. The number of amides is 4. The topological polar surface area (TPSA) is 82.2 Å². The maximum atomic E-state index is 14.0. The molecule has 9 heteroatoms. The Labute approximate surface area is 200 Å². The van der Waals surface area contributed by atoms with Gasteiger partial charge in [-0.3, -0.25) is 19.4 Å². The lowest BCUT2D eigenvalue weighted by Gasteiger charge is -2.43. The Bertz CT molecular complexity index is 976. The predicted molar refractivity (Wildman–Crippen MR) is 125 cm³/mol. The lowest BCUT2D eigenvalue weighted by molar-refractivity contribution is -0.141. The Morgan fingerprint density at radius 1 is 1.18 bits per heavy atom. The fourth-order valence-electron chi connectivity index (χ4n) is 6.11. The number of nitrogens with zero attached hydrogens (tertiary/aromatic N) is 3. The molecule has 1 N–H and O–H groups in total. The van der Waals surface area contributed by atoms with Crippen molar-refractivity contribution in [3.8, 4) is 5.75 Å². The first-order valence-electron chi connectivity index (χ1n) is 12.0. The monoisotopic (exact) mass is 474 g/mol. The van der Waals surface area contributed by atoms with Crippen LogP contribution in [0.15, 0.2) is 18.2 Å². The van der Waals surface area contributed by atoms with Crippen molar-refractivity contribution < 1.29 is 23.5 Å². The largest absolute Gasteiger partial charge is 0.494 e. The van der Waals surface area contributed by atoms with Gasteiger partial charge in [-0.15, -0.1) is 0 Å². The van der Waals surface area contributed by atoms with Gasteiger partial charge in [0.2, 0.25) is 5.91 Å². The molecule has 2 aliphatic heterocycles. The molecular formula is C25H35FN4O4. The molecule has 0 bridgehead atoms. The number of benzene rings is 1. The molecule has 186 valence electrons. The highest BCUT2D eigenvalue weighted by atomic mass is 19.1. The van der Waals surface area contributed by atoms with Crippen LogP contribution in [-0.2, 0) is 16.1 Å². The third-order valence-electron chi connectivity index (χ3n) is 7.26. The van der Waals surface area contributed by atoms with Crippen LogP contribution in [0.4, 0.5) is 9.18 Å². The average molecular weight is 475 g/mol. The molecule has 1 aromatic carbocycles. The van der Waals surface area contributed by atoms with Gasteiger partial charge in [0.05, 0.1) is 7.11 Å². The summed E-state index contributed by atoms with van der Waals surface area (Å²) in [4.78, 5) is 43.9. The van der Waals surface area contributed by atoms with E-state index in [0.717, 1.165) is 16.9 Å². The van der Waals surface area contributed by atoms with Crippen LogP contribution in [0.25, 0.3) is 0 Å². The molecule has 4 rings (SSSR count). The minimum absolute atomic E-state index is 0.0518. The molecule has 2 unspecified atom stereocenters. The summed E-state index contributed by atoms with van der Waals surface area (Å²) in [5, 5.41) is 2.93. The van der Waals surface area contributed by atoms with Crippen LogP contribution in [0.3, 0.4) is 0 Å². The van der Waals surface area contributed by atoms with Gasteiger partial charge in [-0.05, 0) is 48.3 Å². The molecule has 2 saturated heterocycles. The van der Waals surface area contributed by atoms with Crippen molar-refractivity contribution in [2.24, 2.45) is 11.3 Å². The van der Waals surface area contributed by atoms with Gasteiger partial charge in [0.1, 0.15) is 12.1 Å². The fraction of sp³-hybridized carbons (Fsp3) is 0.640. The molecule has 0 radical (unpaired) electrons. The van der Waals surface area contributed by atoms with Crippen molar-refractivity contribution in [1.82, 2.24) is 20.0 Å². The van der Waals surface area contributed by atoms with Gasteiger partial charge < -0.3 is 15.0 Å². The van der Waals surface area contributed by atoms with Crippen LogP contribution in [0, 0.1) is 17.2 Å². The normalized spacial score (nSPS) is 27.3. The lowest BCUT2D eigenvalue weighted by atomic mass is 9.64. The molecular weight excluding hydrogens is 439 g/mol. The third kappa shape index (κ3) is 4.89. The molecule has 2 heterocycles. The van der Waals surface area contributed by atoms with E-state index in [1.165, 1.54) is 13.2 Å². The summed E-state index contributed by atoms with van der Waals surface area (Å²) in [7, 11) is 1.43. The smallest absolute Gasteiger partial charge is 0.325 e. The first kappa shape index (κ1) is 24.4. The molecule has 1 saturated carbocycles. The number of carbonyl (C=O) groups is 3. The van der Waals surface area contributed by atoms with Gasteiger partial charge in [-0.1, -0.05) is 26.8 Å². The van der Waals surface area contributed by atoms with E-state index in [1.54, 1.807) is 11.0 Å². The molecule has 8 nitrogen and oxygen atoms in total. The van der Waals surface area contributed by atoms with Crippen molar-refractivity contribution in [2.45, 2.75) is 52.1 Å². The maximum Gasteiger partial charge on any atom is 0.325 e. The van der Waals surface area contributed by atoms with Crippen LogP contribution in [0.5, 0.6) is 5.75 Å². The van der Waals surface area contributed by atoms with E-state index >= 15 is 0 Å². The number of hydrogen-bond acceptors (Lipinski definition) is 5. The highest BCUT2D eigenvalue weighted by Crippen LogP contribution is 2.46. The van der Waals surface area contributed by atoms with E-state index in [-0.39, 0.29) is 29.5 Å². The summed E-state index contributed by atoms with van der Waals surface area (Å²) in [5.74, 6) is -0.357. The Hall–Kier alpha value is -2.68. The second kappa shape index (κ2) is 9.17. The number of carbonyl (C=O) groups excluding carboxylic acids is 3. The Kier molecular flexibility index (Phi) is 6.59. The van der Waals surface area contributed by atoms with Crippen LogP contribution < -0.4 is 10.1 Å². The molecule has 3 fully saturated rings. The summed E-state index contributed by atoms with van der Waals surface area (Å²) < 4.78 is 18.9. The SMILES string of the molecule is COc1ccc(CN2CCN(C(=O)CN3C(=O)NC4(CC(C)CC(C)(C)C4)C3=O)CC2)cc1F. The minimum Gasteiger partial charge on any atom is -0.494 e. The first-order valence-corrected chi connectivity index (χ1v) is 12.0. The number of imide groups is 1. The summed E-state index contributed by atoms with van der Waals surface area (Å²) in [6.07, 6.45) is 2.20. The molecule has 3 aliphatic rings. The standard InChI is InChI=1S/C25H35FN4O4/c1-17-12-24(2,3)16-25(13-17)22(32)30(23(33)27-25)15-21(31)29-9-7-28(8-10-29)14-18-5-6-20(34-4)19(26)11-18/h5-6,11,17H,7-10,12-16H2,1-4H3,(H,27,33). The van der Waals surface area contributed by atoms with E-state index in [1.807, 2.05) is 6.07 Å². The number of nitrogens with one attached hydrogen (secondary N) is 1. The Balaban J connectivity index is 1.32. The number of rotatable bonds is 5. The van der Waals surface area contributed by atoms with Crippen LogP contribution in [0.2, 0.25) is 0 Å². The van der Waals surface area contributed by atoms with Crippen LogP contribution in [0.1, 0.15) is 45.6 Å². The number of piperazine rings is 1. The average Bonchev–Trinajstić information content (AvgIpc) is 2.96. The molecule has 1 aliphatic carbocycles. The summed E-state index contributed by atoms with van der Waals surface area (Å²) >= 11 is 0. The highest BCUT2D eigenvalue weighted by Gasteiger charge is 2.56. The molecule has 0 aromatic heterocycles. The second-order valence-corrected chi connectivity index (χ2v) is 10.9. The number of ether oxygens (including phenoxy) is 1. The molecule has 34 heavy (non-hydrogen) atoms. The maximum absolute atomic E-state index is 14.0. The molecule has 4 amide bonds. The van der Waals surface area contributed by atoms with Gasteiger partial charge in [0.15, 0.2) is 11.6 Å². The Morgan fingerprint density at radius 2 is 1.88 bits per heavy atom. The van der Waals surface area contributed by atoms with Crippen molar-refractivity contribution in [2.75, 3.05) is 39.8 Å². The zero-order chi connectivity index (χ0) is 24.7. The van der Waals surface area contributed by atoms with Crippen molar-refractivity contribution in [1.29, 1.82) is 0 Å². The van der Waals surface area contributed by atoms with E-state index in [9.17, 15) is 18.8 Å². The van der Waals surface area contributed by atoms with Crippen molar-refractivity contribution in [3.05, 3.63) is 29.6 Å². The van der Waals surface area contributed by atoms with Gasteiger partial charge in [0.25, 0.3) is 5.91 Å². The van der Waals surface area contributed by atoms with Gasteiger partial charge in [-0.2, -0.15) is 0 Å². The van der Waals surface area contributed by atoms with Crippen molar-refractivity contribution in [3.63, 3.8) is 0 Å². The molecule has 1 spiro atoms. The fourth-order valence-corrected chi connectivity index (χ4v) is 6.11. The summed E-state index contributed by atoms with van der Waals surface area (Å²) in [5.41, 5.74) is -0.110. The van der Waals surface area contributed by atoms with E-state index in [0.29, 0.717) is 51.5 Å². The number of urea groups is 1. The van der Waals surface area contributed by atoms with Gasteiger partial charge in [0, 0.05) is 32.7 Å². The molecule has 2 atom stereocenters. The van der Waals surface area contributed by atoms with E-state index in [4.69, 9.17) is 4.74 Å². The first-order chi connectivity index (χ1) is 16.0. The number of methoxy groups -OCH3 is 1. The zero-order valence-electron chi connectivity index (χ0n) is 20.5. The highest BCUT2D eigenvalue weighted by molar-refractivity contribution is 6.09. The second-order valence-electron chi connectivity index (χ2n) is 10.9. The van der Waals surface area contributed by atoms with Crippen LogP contribution >= 0.6 is 0 Å². The number of hydrogen-bond donors (Lipinski definition) is 1. The summed E-state index contributed by atoms with van der Waals surface area (Å²) in [6, 6.07) is 4.45. The molecule has 1 aromatic rings. The van der Waals surface area contributed by atoms with E-state index < -0.39 is 17.4 Å². The van der Waals surface area contributed by atoms with E-state index in [2.05, 4.69) is 31.0 Å². The predicted octanol–water partition coefficient (Wildman–Crippen LogP) is 2.62. The van der Waals surface area contributed by atoms with Crippen molar-refractivity contribution >= 4 is 17.8 Å². The Morgan fingerprint density at radius 3 is 2.50 bits per heavy atom. The number of halogens is 1. The summed E-state index contributed by atoms with van der Waals surface area (Å²) in [6.45, 7) is 8.96. The van der Waals surface area contributed by atoms with Gasteiger partial charge >= 0.3 is 6.03 Å². The quantitative estimate of drug-likeness (QED) is 0.664. The minimum atomic E-state index is -0.898. The van der Waals surface area contributed by atoms with Crippen LogP contribution in [-0.4, -0.2) is 77.9 Å².